The second-order valence-electron chi connectivity index (χ2n) is 6.08. The Hall–Kier alpha value is -1.36. The first-order valence-electron chi connectivity index (χ1n) is 8.26. The molecule has 0 saturated carbocycles. The van der Waals surface area contributed by atoms with E-state index in [4.69, 9.17) is 4.74 Å². The molecule has 1 amide bonds. The van der Waals surface area contributed by atoms with Crippen LogP contribution in [0.25, 0.3) is 0 Å². The lowest BCUT2D eigenvalue weighted by Crippen LogP contribution is -2.40. The standard InChI is InChI=1S/C17H23NO3S/c1-2-21-17(20)12-7-9-18(10-8-12)16(19)15-11-13-5-3-4-6-14(13)22-15/h11-12H,2-10H2,1H3. The van der Waals surface area contributed by atoms with Crippen LogP contribution in [0.5, 0.6) is 0 Å². The zero-order valence-corrected chi connectivity index (χ0v) is 13.9. The molecular formula is C17H23NO3S. The van der Waals surface area contributed by atoms with Gasteiger partial charge in [-0.25, -0.2) is 0 Å². The van der Waals surface area contributed by atoms with Crippen molar-refractivity contribution in [3.8, 4) is 0 Å². The largest absolute Gasteiger partial charge is 0.466 e. The SMILES string of the molecule is CCOC(=O)C1CCN(C(=O)c2cc3c(s2)CCCC3)CC1. The van der Waals surface area contributed by atoms with Crippen molar-refractivity contribution in [2.75, 3.05) is 19.7 Å². The number of fused-ring (bicyclic) bond motifs is 1. The van der Waals surface area contributed by atoms with Crippen molar-refractivity contribution in [3.63, 3.8) is 0 Å². The summed E-state index contributed by atoms with van der Waals surface area (Å²) >= 11 is 1.67. The Balaban J connectivity index is 1.60. The minimum atomic E-state index is -0.110. The lowest BCUT2D eigenvalue weighted by molar-refractivity contribution is -0.149. The van der Waals surface area contributed by atoms with E-state index in [0.29, 0.717) is 19.7 Å². The minimum absolute atomic E-state index is 0.0412. The van der Waals surface area contributed by atoms with Crippen LogP contribution >= 0.6 is 11.3 Å². The number of carbonyl (C=O) groups excluding carboxylic acids is 2. The molecule has 0 N–H and O–H groups in total. The number of nitrogens with zero attached hydrogens (tertiary/aromatic N) is 1. The predicted molar refractivity (Wildman–Crippen MR) is 86.2 cm³/mol. The van der Waals surface area contributed by atoms with Gasteiger partial charge in [0.25, 0.3) is 5.91 Å². The third kappa shape index (κ3) is 3.19. The van der Waals surface area contributed by atoms with Crippen molar-refractivity contribution in [2.24, 2.45) is 5.92 Å². The van der Waals surface area contributed by atoms with Crippen LogP contribution in [0.4, 0.5) is 0 Å². The molecule has 0 bridgehead atoms. The summed E-state index contributed by atoms with van der Waals surface area (Å²) in [5, 5.41) is 0. The van der Waals surface area contributed by atoms with Gasteiger partial charge >= 0.3 is 5.97 Å². The summed E-state index contributed by atoms with van der Waals surface area (Å²) in [5.41, 5.74) is 1.38. The van der Waals surface area contributed by atoms with Gasteiger partial charge in [-0.1, -0.05) is 0 Å². The Morgan fingerprint density at radius 3 is 2.68 bits per heavy atom. The second kappa shape index (κ2) is 6.82. The van der Waals surface area contributed by atoms with Gasteiger partial charge in [-0.2, -0.15) is 0 Å². The fourth-order valence-electron chi connectivity index (χ4n) is 3.33. The van der Waals surface area contributed by atoms with Crippen LogP contribution in [-0.2, 0) is 22.4 Å². The summed E-state index contributed by atoms with van der Waals surface area (Å²) in [7, 11) is 0. The highest BCUT2D eigenvalue weighted by Gasteiger charge is 2.29. The number of hydrogen-bond donors (Lipinski definition) is 0. The maximum Gasteiger partial charge on any atom is 0.309 e. The highest BCUT2D eigenvalue weighted by Crippen LogP contribution is 2.31. The molecule has 1 aliphatic carbocycles. The number of piperidine rings is 1. The summed E-state index contributed by atoms with van der Waals surface area (Å²) in [5.74, 6) is -0.0107. The number of ether oxygens (including phenoxy) is 1. The highest BCUT2D eigenvalue weighted by atomic mass is 32.1. The van der Waals surface area contributed by atoms with Crippen molar-refractivity contribution in [2.45, 2.75) is 45.4 Å². The molecule has 0 radical (unpaired) electrons. The Morgan fingerprint density at radius 1 is 1.27 bits per heavy atom. The van der Waals surface area contributed by atoms with Gasteiger partial charge in [0.15, 0.2) is 0 Å². The minimum Gasteiger partial charge on any atom is -0.466 e. The lowest BCUT2D eigenvalue weighted by Gasteiger charge is -2.30. The maximum atomic E-state index is 12.6. The molecule has 4 nitrogen and oxygen atoms in total. The summed E-state index contributed by atoms with van der Waals surface area (Å²) in [6.07, 6.45) is 6.15. The lowest BCUT2D eigenvalue weighted by atomic mass is 9.96. The molecule has 120 valence electrons. The van der Waals surface area contributed by atoms with Crippen LogP contribution < -0.4 is 0 Å². The highest BCUT2D eigenvalue weighted by molar-refractivity contribution is 7.14. The quantitative estimate of drug-likeness (QED) is 0.804. The molecule has 0 atom stereocenters. The number of rotatable bonds is 3. The third-order valence-corrected chi connectivity index (χ3v) is 5.83. The molecule has 1 aromatic rings. The van der Waals surface area contributed by atoms with Crippen molar-refractivity contribution in [1.82, 2.24) is 4.90 Å². The van der Waals surface area contributed by atoms with E-state index in [0.717, 1.165) is 30.6 Å². The van der Waals surface area contributed by atoms with Crippen molar-refractivity contribution < 1.29 is 14.3 Å². The second-order valence-corrected chi connectivity index (χ2v) is 7.22. The van der Waals surface area contributed by atoms with Crippen LogP contribution in [0.15, 0.2) is 6.07 Å². The topological polar surface area (TPSA) is 46.6 Å². The number of amides is 1. The molecule has 2 heterocycles. The molecule has 1 fully saturated rings. The van der Waals surface area contributed by atoms with Crippen LogP contribution in [0.3, 0.4) is 0 Å². The Bertz CT molecular complexity index is 535. The predicted octanol–water partition coefficient (Wildman–Crippen LogP) is 3.04. The van der Waals surface area contributed by atoms with Crippen molar-refractivity contribution in [1.29, 1.82) is 0 Å². The van der Waals surface area contributed by atoms with Gasteiger partial charge in [-0.05, 0) is 57.1 Å². The number of thiophene rings is 1. The van der Waals surface area contributed by atoms with E-state index in [1.807, 2.05) is 11.8 Å². The Kier molecular flexibility index (Phi) is 4.81. The zero-order valence-electron chi connectivity index (χ0n) is 13.1. The summed E-state index contributed by atoms with van der Waals surface area (Å²) in [6.45, 7) is 3.57. The summed E-state index contributed by atoms with van der Waals surface area (Å²) in [6, 6.07) is 2.10. The number of likely N-dealkylation sites (tertiary alicyclic amines) is 1. The first-order valence-corrected chi connectivity index (χ1v) is 9.08. The first kappa shape index (κ1) is 15.5. The first-order chi connectivity index (χ1) is 10.7. The van der Waals surface area contributed by atoms with Crippen molar-refractivity contribution in [3.05, 3.63) is 21.4 Å². The fourth-order valence-corrected chi connectivity index (χ4v) is 4.55. The van der Waals surface area contributed by atoms with E-state index in [1.54, 1.807) is 11.3 Å². The van der Waals surface area contributed by atoms with E-state index in [9.17, 15) is 9.59 Å². The normalized spacial score (nSPS) is 18.9. The van der Waals surface area contributed by atoms with Gasteiger partial charge in [-0.3, -0.25) is 9.59 Å². The van der Waals surface area contributed by atoms with Gasteiger partial charge in [0, 0.05) is 18.0 Å². The molecule has 0 spiro atoms. The van der Waals surface area contributed by atoms with E-state index in [-0.39, 0.29) is 17.8 Å². The fraction of sp³-hybridized carbons (Fsp3) is 0.647. The molecule has 22 heavy (non-hydrogen) atoms. The van der Waals surface area contributed by atoms with Gasteiger partial charge in [0.2, 0.25) is 0 Å². The molecule has 1 aliphatic heterocycles. The maximum absolute atomic E-state index is 12.6. The summed E-state index contributed by atoms with van der Waals surface area (Å²) < 4.78 is 5.08. The van der Waals surface area contributed by atoms with Crippen LogP contribution in [-0.4, -0.2) is 36.5 Å². The van der Waals surface area contributed by atoms with Crippen LogP contribution in [0.1, 0.15) is 52.7 Å². The number of carbonyl (C=O) groups is 2. The smallest absolute Gasteiger partial charge is 0.309 e. The molecular weight excluding hydrogens is 298 g/mol. The molecule has 0 unspecified atom stereocenters. The summed E-state index contributed by atoms with van der Waals surface area (Å²) in [4.78, 5) is 28.6. The third-order valence-electron chi connectivity index (χ3n) is 4.61. The van der Waals surface area contributed by atoms with Gasteiger partial charge in [0.1, 0.15) is 0 Å². The van der Waals surface area contributed by atoms with Gasteiger partial charge in [0.05, 0.1) is 17.4 Å². The van der Waals surface area contributed by atoms with Crippen LogP contribution in [0, 0.1) is 5.92 Å². The van der Waals surface area contributed by atoms with Gasteiger partial charge in [-0.15, -0.1) is 11.3 Å². The molecule has 5 heteroatoms. The average Bonchev–Trinajstić information content (AvgIpc) is 2.98. The molecule has 2 aliphatic rings. The molecule has 3 rings (SSSR count). The number of hydrogen-bond acceptors (Lipinski definition) is 4. The molecule has 1 aromatic heterocycles. The molecule has 1 saturated heterocycles. The number of aryl methyl sites for hydroxylation is 2. The Morgan fingerprint density at radius 2 is 2.00 bits per heavy atom. The average molecular weight is 321 g/mol. The Labute approximate surface area is 135 Å². The van der Waals surface area contributed by atoms with E-state index < -0.39 is 0 Å². The van der Waals surface area contributed by atoms with E-state index in [1.165, 1.54) is 23.3 Å². The van der Waals surface area contributed by atoms with Crippen LogP contribution in [0.2, 0.25) is 0 Å². The monoisotopic (exact) mass is 321 g/mol. The van der Waals surface area contributed by atoms with Gasteiger partial charge < -0.3 is 9.64 Å². The number of esters is 1. The van der Waals surface area contributed by atoms with E-state index in [2.05, 4.69) is 6.07 Å². The molecule has 0 aromatic carbocycles. The van der Waals surface area contributed by atoms with E-state index >= 15 is 0 Å². The zero-order chi connectivity index (χ0) is 15.5. The van der Waals surface area contributed by atoms with Crippen molar-refractivity contribution >= 4 is 23.2 Å².